The summed E-state index contributed by atoms with van der Waals surface area (Å²) in [7, 11) is -3.32. The Balaban J connectivity index is 2.38. The molecule has 100 valence electrons. The molecule has 0 radical (unpaired) electrons. The molecule has 0 fully saturated rings. The van der Waals surface area contributed by atoms with Crippen LogP contribution in [0.2, 0.25) is 0 Å². The molecule has 6 heteroatoms. The first-order valence-electron chi connectivity index (χ1n) is 5.58. The van der Waals surface area contributed by atoms with E-state index >= 15 is 0 Å². The Morgan fingerprint density at radius 3 is 2.74 bits per heavy atom. The van der Waals surface area contributed by atoms with E-state index in [9.17, 15) is 8.42 Å². The molecule has 1 aromatic carbocycles. The second-order valence-corrected chi connectivity index (χ2v) is 6.33. The number of anilines is 2. The number of hydrogen-bond acceptors (Lipinski definition) is 4. The van der Waals surface area contributed by atoms with Gasteiger partial charge >= 0.3 is 0 Å². The van der Waals surface area contributed by atoms with Gasteiger partial charge in [0.25, 0.3) is 0 Å². The van der Waals surface area contributed by atoms with Crippen LogP contribution in [-0.2, 0) is 15.7 Å². The van der Waals surface area contributed by atoms with Gasteiger partial charge in [0.1, 0.15) is 10.7 Å². The van der Waals surface area contributed by atoms with Crippen molar-refractivity contribution in [3.8, 4) is 0 Å². The van der Waals surface area contributed by atoms with Crippen molar-refractivity contribution in [1.29, 1.82) is 0 Å². The first-order valence-corrected chi connectivity index (χ1v) is 8.00. The van der Waals surface area contributed by atoms with Gasteiger partial charge in [0, 0.05) is 24.0 Å². The Morgan fingerprint density at radius 1 is 1.26 bits per heavy atom. The van der Waals surface area contributed by atoms with Crippen LogP contribution in [0.1, 0.15) is 5.56 Å². The van der Waals surface area contributed by atoms with Gasteiger partial charge in [0.15, 0.2) is 9.84 Å². The van der Waals surface area contributed by atoms with Gasteiger partial charge in [-0.15, -0.1) is 11.6 Å². The van der Waals surface area contributed by atoms with Crippen LogP contribution in [0.15, 0.2) is 47.5 Å². The quantitative estimate of drug-likeness (QED) is 0.881. The Morgan fingerprint density at radius 2 is 2.05 bits per heavy atom. The van der Waals surface area contributed by atoms with Crippen molar-refractivity contribution in [2.75, 3.05) is 11.6 Å². The molecule has 19 heavy (non-hydrogen) atoms. The molecule has 0 aliphatic carbocycles. The predicted molar refractivity (Wildman–Crippen MR) is 76.6 cm³/mol. The Hall–Kier alpha value is -1.59. The number of pyridine rings is 1. The van der Waals surface area contributed by atoms with E-state index in [2.05, 4.69) is 10.3 Å². The zero-order valence-corrected chi connectivity index (χ0v) is 11.9. The molecule has 2 aromatic rings. The molecule has 0 saturated heterocycles. The zero-order chi connectivity index (χ0) is 13.9. The number of nitrogens with one attached hydrogen (secondary N) is 1. The van der Waals surface area contributed by atoms with Crippen LogP contribution in [0, 0.1) is 0 Å². The molecule has 0 atom stereocenters. The van der Waals surface area contributed by atoms with Gasteiger partial charge < -0.3 is 5.32 Å². The highest BCUT2D eigenvalue weighted by Gasteiger charge is 2.13. The SMILES string of the molecule is CS(=O)(=O)c1cccnc1Nc1cccc(CCl)c1. The lowest BCUT2D eigenvalue weighted by molar-refractivity contribution is 0.602. The maximum Gasteiger partial charge on any atom is 0.179 e. The molecule has 0 amide bonds. The normalized spacial score (nSPS) is 11.3. The van der Waals surface area contributed by atoms with E-state index in [0.29, 0.717) is 11.7 Å². The third kappa shape index (κ3) is 3.45. The first kappa shape index (κ1) is 13.8. The summed E-state index contributed by atoms with van der Waals surface area (Å²) in [5.74, 6) is 0.716. The Labute approximate surface area is 117 Å². The minimum Gasteiger partial charge on any atom is -0.339 e. The fourth-order valence-electron chi connectivity index (χ4n) is 1.65. The predicted octanol–water partition coefficient (Wildman–Crippen LogP) is 2.97. The number of rotatable bonds is 4. The smallest absolute Gasteiger partial charge is 0.179 e. The third-order valence-electron chi connectivity index (χ3n) is 2.51. The number of halogens is 1. The van der Waals surface area contributed by atoms with E-state index in [-0.39, 0.29) is 4.90 Å². The largest absolute Gasteiger partial charge is 0.339 e. The van der Waals surface area contributed by atoms with Gasteiger partial charge in [-0.1, -0.05) is 12.1 Å². The van der Waals surface area contributed by atoms with Crippen molar-refractivity contribution in [2.24, 2.45) is 0 Å². The van der Waals surface area contributed by atoms with Crippen molar-refractivity contribution in [3.05, 3.63) is 48.2 Å². The lowest BCUT2D eigenvalue weighted by Gasteiger charge is -2.10. The van der Waals surface area contributed by atoms with E-state index in [4.69, 9.17) is 11.6 Å². The summed E-state index contributed by atoms with van der Waals surface area (Å²) in [6, 6.07) is 10.6. The van der Waals surface area contributed by atoms with E-state index < -0.39 is 9.84 Å². The fourth-order valence-corrected chi connectivity index (χ4v) is 2.60. The highest BCUT2D eigenvalue weighted by molar-refractivity contribution is 7.90. The minimum atomic E-state index is -3.32. The van der Waals surface area contributed by atoms with E-state index in [0.717, 1.165) is 17.5 Å². The molecule has 0 spiro atoms. The number of benzene rings is 1. The van der Waals surface area contributed by atoms with Gasteiger partial charge in [-0.2, -0.15) is 0 Å². The lowest BCUT2D eigenvalue weighted by atomic mass is 10.2. The van der Waals surface area contributed by atoms with Crippen molar-refractivity contribution < 1.29 is 8.42 Å². The average molecular weight is 297 g/mol. The maximum atomic E-state index is 11.7. The number of sulfone groups is 1. The van der Waals surface area contributed by atoms with Crippen LogP contribution >= 0.6 is 11.6 Å². The Kier molecular flexibility index (Phi) is 4.07. The third-order valence-corrected chi connectivity index (χ3v) is 3.95. The molecule has 0 bridgehead atoms. The molecule has 0 unspecified atom stereocenters. The summed E-state index contributed by atoms with van der Waals surface area (Å²) < 4.78 is 23.3. The van der Waals surface area contributed by atoms with Crippen molar-refractivity contribution in [3.63, 3.8) is 0 Å². The summed E-state index contributed by atoms with van der Waals surface area (Å²) in [5, 5.41) is 3.00. The molecule has 1 N–H and O–H groups in total. The van der Waals surface area contributed by atoms with Crippen LogP contribution in [0.25, 0.3) is 0 Å². The van der Waals surface area contributed by atoms with E-state index in [1.165, 1.54) is 6.07 Å². The van der Waals surface area contributed by atoms with Gasteiger partial charge in [-0.3, -0.25) is 0 Å². The standard InChI is InChI=1S/C13H13ClN2O2S/c1-19(17,18)12-6-3-7-15-13(12)16-11-5-2-4-10(8-11)9-14/h2-8H,9H2,1H3,(H,15,16). The van der Waals surface area contributed by atoms with Crippen LogP contribution in [0.3, 0.4) is 0 Å². The van der Waals surface area contributed by atoms with Crippen LogP contribution < -0.4 is 5.32 Å². The van der Waals surface area contributed by atoms with Crippen LogP contribution in [-0.4, -0.2) is 19.7 Å². The van der Waals surface area contributed by atoms with Gasteiger partial charge in [0.2, 0.25) is 0 Å². The molecule has 1 aromatic heterocycles. The summed E-state index contributed by atoms with van der Waals surface area (Å²) in [6.07, 6.45) is 2.70. The first-order chi connectivity index (χ1) is 9.00. The van der Waals surface area contributed by atoms with Crippen molar-refractivity contribution in [2.45, 2.75) is 10.8 Å². The molecule has 0 aliphatic rings. The summed E-state index contributed by atoms with van der Waals surface area (Å²) in [6.45, 7) is 0. The minimum absolute atomic E-state index is 0.172. The number of aromatic nitrogens is 1. The van der Waals surface area contributed by atoms with Crippen molar-refractivity contribution >= 4 is 32.9 Å². The number of alkyl halides is 1. The highest BCUT2D eigenvalue weighted by Crippen LogP contribution is 2.23. The number of nitrogens with zero attached hydrogens (tertiary/aromatic N) is 1. The second-order valence-electron chi connectivity index (χ2n) is 4.08. The zero-order valence-electron chi connectivity index (χ0n) is 10.3. The summed E-state index contributed by atoms with van der Waals surface area (Å²) in [5.41, 5.74) is 1.70. The maximum absolute atomic E-state index is 11.7. The van der Waals surface area contributed by atoms with E-state index in [1.54, 1.807) is 12.3 Å². The molecular weight excluding hydrogens is 284 g/mol. The molecule has 4 nitrogen and oxygen atoms in total. The van der Waals surface area contributed by atoms with Gasteiger partial charge in [0.05, 0.1) is 0 Å². The molecular formula is C13H13ClN2O2S. The fraction of sp³-hybridized carbons (Fsp3) is 0.154. The molecule has 0 saturated carbocycles. The number of hydrogen-bond donors (Lipinski definition) is 1. The van der Waals surface area contributed by atoms with Crippen LogP contribution in [0.5, 0.6) is 0 Å². The van der Waals surface area contributed by atoms with E-state index in [1.807, 2.05) is 24.3 Å². The summed E-state index contributed by atoms with van der Waals surface area (Å²) >= 11 is 5.77. The van der Waals surface area contributed by atoms with Gasteiger partial charge in [-0.25, -0.2) is 13.4 Å². The second kappa shape index (κ2) is 5.59. The Bertz CT molecular complexity index is 687. The molecule has 1 heterocycles. The average Bonchev–Trinajstić information content (AvgIpc) is 2.38. The summed E-state index contributed by atoms with van der Waals surface area (Å²) in [4.78, 5) is 4.25. The highest BCUT2D eigenvalue weighted by atomic mass is 35.5. The van der Waals surface area contributed by atoms with Crippen molar-refractivity contribution in [1.82, 2.24) is 4.98 Å². The van der Waals surface area contributed by atoms with Crippen LogP contribution in [0.4, 0.5) is 11.5 Å². The van der Waals surface area contributed by atoms with Gasteiger partial charge in [-0.05, 0) is 29.8 Å². The lowest BCUT2D eigenvalue weighted by Crippen LogP contribution is -2.04. The molecule has 0 aliphatic heterocycles. The monoisotopic (exact) mass is 296 g/mol. The molecule has 2 rings (SSSR count). The topological polar surface area (TPSA) is 59.1 Å².